The summed E-state index contributed by atoms with van der Waals surface area (Å²) in [6.45, 7) is 7.54. The number of amides is 1. The molecule has 2 atom stereocenters. The van der Waals surface area contributed by atoms with Gasteiger partial charge >= 0.3 is 0 Å². The van der Waals surface area contributed by atoms with Crippen LogP contribution in [0.3, 0.4) is 0 Å². The maximum Gasteiger partial charge on any atom is 0.237 e. The van der Waals surface area contributed by atoms with E-state index >= 15 is 0 Å². The minimum absolute atomic E-state index is 0.0297. The Morgan fingerprint density at radius 1 is 1.44 bits per heavy atom. The molecule has 0 radical (unpaired) electrons. The zero-order valence-electron chi connectivity index (χ0n) is 10.3. The fourth-order valence-corrected chi connectivity index (χ4v) is 1.47. The first kappa shape index (κ1) is 13.4. The zero-order chi connectivity index (χ0) is 12.0. The third kappa shape index (κ3) is 4.92. The van der Waals surface area contributed by atoms with E-state index in [-0.39, 0.29) is 24.1 Å². The van der Waals surface area contributed by atoms with Gasteiger partial charge in [-0.3, -0.25) is 4.79 Å². The van der Waals surface area contributed by atoms with Gasteiger partial charge in [0.05, 0.1) is 18.8 Å². The second-order valence-electron chi connectivity index (χ2n) is 4.40. The van der Waals surface area contributed by atoms with Gasteiger partial charge in [-0.1, -0.05) is 0 Å². The van der Waals surface area contributed by atoms with Gasteiger partial charge < -0.3 is 20.1 Å². The lowest BCUT2D eigenvalue weighted by Crippen LogP contribution is -2.47. The molecule has 1 saturated heterocycles. The summed E-state index contributed by atoms with van der Waals surface area (Å²) in [5, 5.41) is 6.03. The van der Waals surface area contributed by atoms with Gasteiger partial charge in [0.2, 0.25) is 5.91 Å². The van der Waals surface area contributed by atoms with E-state index in [1.807, 2.05) is 20.8 Å². The molecule has 1 rings (SSSR count). The number of nitrogens with one attached hydrogen (secondary N) is 2. The summed E-state index contributed by atoms with van der Waals surface area (Å²) in [4.78, 5) is 11.6. The molecule has 0 aliphatic carbocycles. The van der Waals surface area contributed by atoms with Gasteiger partial charge in [-0.05, 0) is 27.2 Å². The molecular weight excluding hydrogens is 208 g/mol. The normalized spacial score (nSPS) is 23.1. The largest absolute Gasteiger partial charge is 0.355 e. The summed E-state index contributed by atoms with van der Waals surface area (Å²) in [7, 11) is 0. The Morgan fingerprint density at radius 2 is 2.19 bits per heavy atom. The van der Waals surface area contributed by atoms with E-state index in [1.54, 1.807) is 0 Å². The van der Waals surface area contributed by atoms with E-state index in [0.29, 0.717) is 13.3 Å². The monoisotopic (exact) mass is 230 g/mol. The van der Waals surface area contributed by atoms with Crippen LogP contribution in [0.15, 0.2) is 0 Å². The predicted molar refractivity (Wildman–Crippen MR) is 61.1 cm³/mol. The molecule has 0 bridgehead atoms. The standard InChI is InChI=1S/C11H22N2O3/c1-8(2)13-11(14)9(3)12-6-10-4-5-15-7-16-10/h8-10,12H,4-7H2,1-3H3,(H,13,14). The summed E-state index contributed by atoms with van der Waals surface area (Å²) in [6.07, 6.45) is 1.04. The minimum atomic E-state index is -0.186. The second-order valence-corrected chi connectivity index (χ2v) is 4.40. The van der Waals surface area contributed by atoms with Gasteiger partial charge in [-0.25, -0.2) is 0 Å². The highest BCUT2D eigenvalue weighted by Crippen LogP contribution is 2.04. The molecular formula is C11H22N2O3. The van der Waals surface area contributed by atoms with E-state index in [4.69, 9.17) is 9.47 Å². The first-order valence-corrected chi connectivity index (χ1v) is 5.82. The van der Waals surface area contributed by atoms with E-state index in [1.165, 1.54) is 0 Å². The van der Waals surface area contributed by atoms with Crippen molar-refractivity contribution in [1.29, 1.82) is 0 Å². The molecule has 0 spiro atoms. The highest BCUT2D eigenvalue weighted by Gasteiger charge is 2.18. The Bertz CT molecular complexity index is 215. The molecule has 94 valence electrons. The van der Waals surface area contributed by atoms with E-state index in [2.05, 4.69) is 10.6 Å². The van der Waals surface area contributed by atoms with Crippen LogP contribution in [-0.4, -0.2) is 44.0 Å². The molecule has 0 aromatic heterocycles. The molecule has 2 unspecified atom stereocenters. The highest BCUT2D eigenvalue weighted by atomic mass is 16.7. The lowest BCUT2D eigenvalue weighted by molar-refractivity contribution is -0.138. The topological polar surface area (TPSA) is 59.6 Å². The molecule has 1 aliphatic heterocycles. The van der Waals surface area contributed by atoms with Crippen LogP contribution in [0.5, 0.6) is 0 Å². The molecule has 1 amide bonds. The molecule has 2 N–H and O–H groups in total. The molecule has 1 fully saturated rings. The van der Waals surface area contributed by atoms with Crippen LogP contribution < -0.4 is 10.6 Å². The van der Waals surface area contributed by atoms with E-state index < -0.39 is 0 Å². The summed E-state index contributed by atoms with van der Waals surface area (Å²) in [5.41, 5.74) is 0. The Labute approximate surface area is 96.9 Å². The summed E-state index contributed by atoms with van der Waals surface area (Å²) < 4.78 is 10.5. The molecule has 1 heterocycles. The van der Waals surface area contributed by atoms with Gasteiger partial charge in [0, 0.05) is 12.6 Å². The summed E-state index contributed by atoms with van der Waals surface area (Å²) in [5.74, 6) is 0.0297. The molecule has 0 saturated carbocycles. The second kappa shape index (κ2) is 6.83. The average Bonchev–Trinajstić information content (AvgIpc) is 2.26. The van der Waals surface area contributed by atoms with Crippen LogP contribution in [0, 0.1) is 0 Å². The average molecular weight is 230 g/mol. The Morgan fingerprint density at radius 3 is 2.75 bits per heavy atom. The van der Waals surface area contributed by atoms with Gasteiger partial charge in [0.25, 0.3) is 0 Å². The van der Waals surface area contributed by atoms with Crippen LogP contribution >= 0.6 is 0 Å². The number of hydrogen-bond acceptors (Lipinski definition) is 4. The number of rotatable bonds is 5. The fraction of sp³-hybridized carbons (Fsp3) is 0.909. The van der Waals surface area contributed by atoms with Crippen LogP contribution in [0.2, 0.25) is 0 Å². The number of carbonyl (C=O) groups is 1. The van der Waals surface area contributed by atoms with Crippen LogP contribution in [-0.2, 0) is 14.3 Å². The number of ether oxygens (including phenoxy) is 2. The minimum Gasteiger partial charge on any atom is -0.355 e. The van der Waals surface area contributed by atoms with Crippen molar-refractivity contribution in [3.05, 3.63) is 0 Å². The fourth-order valence-electron chi connectivity index (χ4n) is 1.47. The van der Waals surface area contributed by atoms with Gasteiger partial charge in [-0.2, -0.15) is 0 Å². The molecule has 5 heteroatoms. The Hall–Kier alpha value is -0.650. The lowest BCUT2D eigenvalue weighted by Gasteiger charge is -2.24. The lowest BCUT2D eigenvalue weighted by atomic mass is 10.2. The van der Waals surface area contributed by atoms with E-state index in [9.17, 15) is 4.79 Å². The Balaban J connectivity index is 2.17. The maximum atomic E-state index is 11.6. The SMILES string of the molecule is CC(C)NC(=O)C(C)NCC1CCOCO1. The van der Waals surface area contributed by atoms with Crippen molar-refractivity contribution in [1.82, 2.24) is 10.6 Å². The number of carbonyl (C=O) groups excluding carboxylic acids is 1. The van der Waals surface area contributed by atoms with Crippen molar-refractivity contribution < 1.29 is 14.3 Å². The van der Waals surface area contributed by atoms with Gasteiger partial charge in [0.15, 0.2) is 0 Å². The number of hydrogen-bond donors (Lipinski definition) is 2. The maximum absolute atomic E-state index is 11.6. The smallest absolute Gasteiger partial charge is 0.237 e. The summed E-state index contributed by atoms with van der Waals surface area (Å²) in [6, 6.07) is -0.00933. The first-order chi connectivity index (χ1) is 7.59. The highest BCUT2D eigenvalue weighted by molar-refractivity contribution is 5.81. The van der Waals surface area contributed by atoms with Crippen LogP contribution in [0.25, 0.3) is 0 Å². The molecule has 5 nitrogen and oxygen atoms in total. The third-order valence-electron chi connectivity index (χ3n) is 2.45. The van der Waals surface area contributed by atoms with Crippen molar-refractivity contribution >= 4 is 5.91 Å². The molecule has 0 aromatic rings. The molecule has 0 aromatic carbocycles. The van der Waals surface area contributed by atoms with Crippen molar-refractivity contribution in [3.8, 4) is 0 Å². The predicted octanol–water partition coefficient (Wildman–Crippen LogP) is 0.252. The van der Waals surface area contributed by atoms with Crippen molar-refractivity contribution in [3.63, 3.8) is 0 Å². The summed E-state index contributed by atoms with van der Waals surface area (Å²) >= 11 is 0. The van der Waals surface area contributed by atoms with Crippen molar-refractivity contribution in [2.75, 3.05) is 19.9 Å². The quantitative estimate of drug-likeness (QED) is 0.711. The van der Waals surface area contributed by atoms with Crippen LogP contribution in [0.1, 0.15) is 27.2 Å². The molecule has 16 heavy (non-hydrogen) atoms. The van der Waals surface area contributed by atoms with Crippen molar-refractivity contribution in [2.24, 2.45) is 0 Å². The van der Waals surface area contributed by atoms with E-state index in [0.717, 1.165) is 13.0 Å². The van der Waals surface area contributed by atoms with Crippen LogP contribution in [0.4, 0.5) is 0 Å². The third-order valence-corrected chi connectivity index (χ3v) is 2.45. The Kier molecular flexibility index (Phi) is 5.73. The zero-order valence-corrected chi connectivity index (χ0v) is 10.3. The van der Waals surface area contributed by atoms with Crippen molar-refractivity contribution in [2.45, 2.75) is 45.4 Å². The van der Waals surface area contributed by atoms with Gasteiger partial charge in [-0.15, -0.1) is 0 Å². The van der Waals surface area contributed by atoms with Gasteiger partial charge in [0.1, 0.15) is 6.79 Å². The molecule has 1 aliphatic rings. The first-order valence-electron chi connectivity index (χ1n) is 5.82.